The predicted molar refractivity (Wildman–Crippen MR) is 83.1 cm³/mol. The van der Waals surface area contributed by atoms with Crippen LogP contribution in [-0.4, -0.2) is 15.6 Å². The van der Waals surface area contributed by atoms with Crippen molar-refractivity contribution in [2.75, 3.05) is 0 Å². The van der Waals surface area contributed by atoms with Gasteiger partial charge in [-0.3, -0.25) is 9.48 Å². The summed E-state index contributed by atoms with van der Waals surface area (Å²) in [6.07, 6.45) is 0. The van der Waals surface area contributed by atoms with Crippen LogP contribution in [0.25, 0.3) is 4.85 Å². The van der Waals surface area contributed by atoms with Gasteiger partial charge in [0.05, 0.1) is 12.3 Å². The molecule has 0 amide bonds. The van der Waals surface area contributed by atoms with Crippen LogP contribution >= 0.6 is 11.6 Å². The number of benzene rings is 1. The normalized spacial score (nSPS) is 11.2. The molecule has 0 saturated heterocycles. The molecule has 1 aromatic carbocycles. The van der Waals surface area contributed by atoms with Crippen LogP contribution in [0.1, 0.15) is 42.5 Å². The fourth-order valence-electron chi connectivity index (χ4n) is 1.94. The fraction of sp³-hybridized carbons (Fsp3) is 0.312. The minimum atomic E-state index is -0.226. The Morgan fingerprint density at radius 2 is 2.00 bits per heavy atom. The van der Waals surface area contributed by atoms with Crippen LogP contribution in [0.15, 0.2) is 24.3 Å². The van der Waals surface area contributed by atoms with Crippen molar-refractivity contribution >= 4 is 23.1 Å². The molecule has 2 aromatic rings. The van der Waals surface area contributed by atoms with E-state index in [-0.39, 0.29) is 11.2 Å². The molecule has 0 fully saturated rings. The topological polar surface area (TPSA) is 39.2 Å². The van der Waals surface area contributed by atoms with E-state index in [4.69, 9.17) is 18.2 Å². The molecule has 1 aromatic heterocycles. The molecule has 0 unspecified atom stereocenters. The quantitative estimate of drug-likeness (QED) is 0.617. The first kappa shape index (κ1) is 15.3. The smallest absolute Gasteiger partial charge is 0.211 e. The van der Waals surface area contributed by atoms with Gasteiger partial charge in [-0.1, -0.05) is 44.5 Å². The molecule has 0 aliphatic carbocycles. The minimum absolute atomic E-state index is 0.140. The third-order valence-corrected chi connectivity index (χ3v) is 3.53. The Hall–Kier alpha value is -2.12. The van der Waals surface area contributed by atoms with Gasteiger partial charge in [-0.15, -0.1) is 0 Å². The summed E-state index contributed by atoms with van der Waals surface area (Å²) in [6, 6.07) is 6.46. The number of nitrogens with zero attached hydrogens (tertiary/aromatic N) is 3. The molecular weight excluding hydrogens is 286 g/mol. The second-order valence-electron chi connectivity index (χ2n) is 5.89. The molecule has 5 heteroatoms. The summed E-state index contributed by atoms with van der Waals surface area (Å²) in [4.78, 5) is 16.0. The number of carbonyl (C=O) groups excluding carboxylic acids is 1. The van der Waals surface area contributed by atoms with Crippen molar-refractivity contribution in [1.29, 1.82) is 0 Å². The van der Waals surface area contributed by atoms with Crippen molar-refractivity contribution in [3.05, 3.63) is 57.7 Å². The van der Waals surface area contributed by atoms with Gasteiger partial charge in [0, 0.05) is 23.0 Å². The van der Waals surface area contributed by atoms with Crippen LogP contribution in [0.4, 0.5) is 5.69 Å². The molecule has 0 radical (unpaired) electrons. The maximum absolute atomic E-state index is 12.6. The monoisotopic (exact) mass is 301 g/mol. The first-order chi connectivity index (χ1) is 9.74. The number of rotatable bonds is 2. The maximum atomic E-state index is 12.6. The van der Waals surface area contributed by atoms with Gasteiger partial charge in [0.2, 0.25) is 5.78 Å². The van der Waals surface area contributed by atoms with E-state index in [1.165, 1.54) is 6.07 Å². The molecule has 21 heavy (non-hydrogen) atoms. The molecule has 0 atom stereocenters. The standard InChI is InChI=1S/C16H16ClN3O/c1-16(2,3)14-9-13(20(5)19-14)15(21)11-8-10(18-4)6-7-12(11)17/h6-9H,1-3,5H3. The lowest BCUT2D eigenvalue weighted by molar-refractivity contribution is 0.103. The van der Waals surface area contributed by atoms with Crippen molar-refractivity contribution in [1.82, 2.24) is 9.78 Å². The first-order valence-electron chi connectivity index (χ1n) is 6.50. The number of hydrogen-bond donors (Lipinski definition) is 0. The SMILES string of the molecule is [C-]#[N+]c1ccc(Cl)c(C(=O)c2cc(C(C)(C)C)nn2C)c1. The third kappa shape index (κ3) is 2.98. The minimum Gasteiger partial charge on any atom is -0.287 e. The van der Waals surface area contributed by atoms with Crippen molar-refractivity contribution in [2.24, 2.45) is 7.05 Å². The lowest BCUT2D eigenvalue weighted by Crippen LogP contribution is -2.12. The molecular formula is C16H16ClN3O. The summed E-state index contributed by atoms with van der Waals surface area (Å²) in [7, 11) is 1.73. The van der Waals surface area contributed by atoms with Gasteiger partial charge in [0.25, 0.3) is 0 Å². The number of ketones is 1. The summed E-state index contributed by atoms with van der Waals surface area (Å²) in [5.74, 6) is -0.226. The Labute approximate surface area is 129 Å². The van der Waals surface area contributed by atoms with Crippen LogP contribution in [0, 0.1) is 6.57 Å². The van der Waals surface area contributed by atoms with E-state index in [2.05, 4.69) is 9.94 Å². The van der Waals surface area contributed by atoms with Crippen LogP contribution in [0.5, 0.6) is 0 Å². The van der Waals surface area contributed by atoms with Gasteiger partial charge < -0.3 is 0 Å². The highest BCUT2D eigenvalue weighted by atomic mass is 35.5. The second-order valence-corrected chi connectivity index (χ2v) is 6.30. The van der Waals surface area contributed by atoms with Gasteiger partial charge in [0.1, 0.15) is 5.69 Å². The van der Waals surface area contributed by atoms with Crippen molar-refractivity contribution < 1.29 is 4.79 Å². The van der Waals surface area contributed by atoms with Crippen molar-refractivity contribution in [3.8, 4) is 0 Å². The molecule has 0 aliphatic heterocycles. The number of aromatic nitrogens is 2. The fourth-order valence-corrected chi connectivity index (χ4v) is 2.14. The van der Waals surface area contributed by atoms with E-state index in [1.807, 2.05) is 20.8 Å². The second kappa shape index (κ2) is 5.34. The lowest BCUT2D eigenvalue weighted by Gasteiger charge is -2.13. The Morgan fingerprint density at radius 3 is 2.52 bits per heavy atom. The predicted octanol–water partition coefficient (Wildman–Crippen LogP) is 4.15. The molecule has 2 rings (SSSR count). The van der Waals surface area contributed by atoms with E-state index in [0.717, 1.165) is 5.69 Å². The van der Waals surface area contributed by atoms with E-state index in [9.17, 15) is 4.79 Å². The van der Waals surface area contributed by atoms with E-state index in [1.54, 1.807) is 29.9 Å². The molecule has 0 bridgehead atoms. The molecule has 1 heterocycles. The molecule has 0 spiro atoms. The highest BCUT2D eigenvalue weighted by Gasteiger charge is 2.23. The van der Waals surface area contributed by atoms with Gasteiger partial charge in [-0.05, 0) is 12.1 Å². The first-order valence-corrected chi connectivity index (χ1v) is 6.88. The molecule has 4 nitrogen and oxygen atoms in total. The van der Waals surface area contributed by atoms with Crippen LogP contribution in [0.3, 0.4) is 0 Å². The molecule has 0 aliphatic rings. The van der Waals surface area contributed by atoms with Crippen LogP contribution < -0.4 is 0 Å². The lowest BCUT2D eigenvalue weighted by atomic mass is 9.92. The zero-order valence-corrected chi connectivity index (χ0v) is 13.2. The average molecular weight is 302 g/mol. The van der Waals surface area contributed by atoms with E-state index in [0.29, 0.717) is 22.0 Å². The zero-order valence-electron chi connectivity index (χ0n) is 12.4. The summed E-state index contributed by atoms with van der Waals surface area (Å²) in [5, 5.41) is 4.73. The highest BCUT2D eigenvalue weighted by Crippen LogP contribution is 2.27. The maximum Gasteiger partial charge on any atom is 0.211 e. The number of aryl methyl sites for hydroxylation is 1. The molecule has 0 N–H and O–H groups in total. The summed E-state index contributed by atoms with van der Waals surface area (Å²) >= 11 is 6.09. The Kier molecular flexibility index (Phi) is 3.89. The number of hydrogen-bond acceptors (Lipinski definition) is 2. The van der Waals surface area contributed by atoms with Crippen molar-refractivity contribution in [2.45, 2.75) is 26.2 Å². The van der Waals surface area contributed by atoms with Gasteiger partial charge in [-0.2, -0.15) is 5.10 Å². The van der Waals surface area contributed by atoms with E-state index < -0.39 is 0 Å². The largest absolute Gasteiger partial charge is 0.287 e. The zero-order chi connectivity index (χ0) is 15.8. The average Bonchev–Trinajstić information content (AvgIpc) is 2.80. The summed E-state index contributed by atoms with van der Waals surface area (Å²) < 4.78 is 1.56. The molecule has 108 valence electrons. The van der Waals surface area contributed by atoms with Gasteiger partial charge in [-0.25, -0.2) is 4.85 Å². The van der Waals surface area contributed by atoms with Crippen LogP contribution in [-0.2, 0) is 12.5 Å². The Balaban J connectivity index is 2.51. The Morgan fingerprint density at radius 1 is 1.33 bits per heavy atom. The summed E-state index contributed by atoms with van der Waals surface area (Å²) in [6.45, 7) is 13.2. The van der Waals surface area contributed by atoms with Gasteiger partial charge in [0.15, 0.2) is 5.69 Å². The Bertz CT molecular complexity index is 748. The van der Waals surface area contributed by atoms with Crippen LogP contribution in [0.2, 0.25) is 5.02 Å². The van der Waals surface area contributed by atoms with Crippen molar-refractivity contribution in [3.63, 3.8) is 0 Å². The summed E-state index contributed by atoms with van der Waals surface area (Å²) in [5.41, 5.74) is 1.88. The van der Waals surface area contributed by atoms with Gasteiger partial charge >= 0.3 is 0 Å². The number of halogens is 1. The molecule has 0 saturated carbocycles. The number of carbonyl (C=O) groups is 1. The van der Waals surface area contributed by atoms with E-state index >= 15 is 0 Å². The third-order valence-electron chi connectivity index (χ3n) is 3.20. The highest BCUT2D eigenvalue weighted by molar-refractivity contribution is 6.35.